The zero-order chi connectivity index (χ0) is 27.8. The SMILES string of the molecule is CS(=O)(=O)OCC[C@]1(c2ccc(C(Cl)(Cl)Cl)c(C(Cl)(Cl)Cl)c2)CCN(C(=O)Cc2c(F)cccc2Cl)C1. The molecular formula is C23H21Cl7FNO4S. The Morgan fingerprint density at radius 3 is 2.30 bits per heavy atom. The zero-order valence-electron chi connectivity index (χ0n) is 19.2. The van der Waals surface area contributed by atoms with Crippen LogP contribution in [0.25, 0.3) is 0 Å². The first-order chi connectivity index (χ1) is 16.9. The lowest BCUT2D eigenvalue weighted by Gasteiger charge is -2.32. The minimum atomic E-state index is -3.71. The Kier molecular flexibility index (Phi) is 9.91. The fraction of sp³-hybridized carbons (Fsp3) is 0.435. The molecule has 2 aromatic carbocycles. The highest BCUT2D eigenvalue weighted by Crippen LogP contribution is 2.50. The number of carbonyl (C=O) groups excluding carboxylic acids is 1. The maximum Gasteiger partial charge on any atom is 0.264 e. The first kappa shape index (κ1) is 31.3. The summed E-state index contributed by atoms with van der Waals surface area (Å²) in [5.41, 5.74) is 0.210. The topological polar surface area (TPSA) is 63.7 Å². The van der Waals surface area contributed by atoms with Crippen LogP contribution in [0, 0.1) is 5.82 Å². The summed E-state index contributed by atoms with van der Waals surface area (Å²) in [6.45, 7) is 0.311. The van der Waals surface area contributed by atoms with Crippen molar-refractivity contribution in [3.05, 3.63) is 69.5 Å². The van der Waals surface area contributed by atoms with Crippen molar-refractivity contribution in [1.82, 2.24) is 4.90 Å². The molecule has 1 aliphatic heterocycles. The quantitative estimate of drug-likeness (QED) is 0.230. The van der Waals surface area contributed by atoms with Crippen LogP contribution in [0.3, 0.4) is 0 Å². The van der Waals surface area contributed by atoms with Gasteiger partial charge in [-0.3, -0.25) is 8.98 Å². The van der Waals surface area contributed by atoms with Crippen molar-refractivity contribution in [1.29, 1.82) is 0 Å². The summed E-state index contributed by atoms with van der Waals surface area (Å²) in [6.07, 6.45) is 1.33. The third-order valence-electron chi connectivity index (χ3n) is 6.22. The molecular weight excluding hydrogens is 653 g/mol. The van der Waals surface area contributed by atoms with Crippen LogP contribution in [0.2, 0.25) is 5.02 Å². The van der Waals surface area contributed by atoms with E-state index in [1.54, 1.807) is 17.0 Å². The van der Waals surface area contributed by atoms with E-state index in [0.29, 0.717) is 18.5 Å². The summed E-state index contributed by atoms with van der Waals surface area (Å²) in [5.74, 6) is -0.931. The molecule has 37 heavy (non-hydrogen) atoms. The molecule has 204 valence electrons. The second kappa shape index (κ2) is 11.7. The van der Waals surface area contributed by atoms with Crippen molar-refractivity contribution in [3.8, 4) is 0 Å². The van der Waals surface area contributed by atoms with Crippen LogP contribution in [-0.4, -0.2) is 45.2 Å². The van der Waals surface area contributed by atoms with E-state index in [1.807, 2.05) is 0 Å². The number of amides is 1. The van der Waals surface area contributed by atoms with Crippen LogP contribution >= 0.6 is 81.2 Å². The van der Waals surface area contributed by atoms with Gasteiger partial charge in [-0.1, -0.05) is 105 Å². The molecule has 0 spiro atoms. The van der Waals surface area contributed by atoms with E-state index < -0.39 is 28.9 Å². The van der Waals surface area contributed by atoms with Gasteiger partial charge in [-0.2, -0.15) is 8.42 Å². The van der Waals surface area contributed by atoms with Crippen LogP contribution in [-0.2, 0) is 38.5 Å². The molecule has 1 atom stereocenters. The Labute approximate surface area is 250 Å². The molecule has 0 bridgehead atoms. The zero-order valence-corrected chi connectivity index (χ0v) is 25.3. The highest BCUT2D eigenvalue weighted by Gasteiger charge is 2.43. The molecule has 5 nitrogen and oxygen atoms in total. The van der Waals surface area contributed by atoms with Crippen molar-refractivity contribution in [3.63, 3.8) is 0 Å². The lowest BCUT2D eigenvalue weighted by molar-refractivity contribution is -0.129. The second-order valence-electron chi connectivity index (χ2n) is 8.75. The highest BCUT2D eigenvalue weighted by molar-refractivity contribution is 7.85. The van der Waals surface area contributed by atoms with E-state index in [1.165, 1.54) is 24.3 Å². The van der Waals surface area contributed by atoms with Crippen molar-refractivity contribution < 1.29 is 21.8 Å². The van der Waals surface area contributed by atoms with Crippen LogP contribution in [0.5, 0.6) is 0 Å². The average Bonchev–Trinajstić information content (AvgIpc) is 3.19. The molecule has 3 rings (SSSR count). The van der Waals surface area contributed by atoms with Gasteiger partial charge in [0.05, 0.1) is 19.3 Å². The first-order valence-electron chi connectivity index (χ1n) is 10.8. The predicted octanol–water partition coefficient (Wildman–Crippen LogP) is 7.21. The molecule has 1 fully saturated rings. The van der Waals surface area contributed by atoms with Gasteiger partial charge >= 0.3 is 0 Å². The van der Waals surface area contributed by atoms with Gasteiger partial charge in [0.1, 0.15) is 5.82 Å². The van der Waals surface area contributed by atoms with Crippen molar-refractivity contribution in [2.75, 3.05) is 26.0 Å². The molecule has 0 N–H and O–H groups in total. The molecule has 0 unspecified atom stereocenters. The van der Waals surface area contributed by atoms with Crippen LogP contribution in [0.15, 0.2) is 36.4 Å². The number of rotatable bonds is 7. The van der Waals surface area contributed by atoms with Crippen LogP contribution in [0.4, 0.5) is 4.39 Å². The molecule has 1 saturated heterocycles. The molecule has 0 radical (unpaired) electrons. The summed E-state index contributed by atoms with van der Waals surface area (Å²) < 4.78 is 38.6. The van der Waals surface area contributed by atoms with Crippen LogP contribution < -0.4 is 0 Å². The van der Waals surface area contributed by atoms with E-state index in [-0.39, 0.29) is 53.6 Å². The Morgan fingerprint density at radius 2 is 1.73 bits per heavy atom. The van der Waals surface area contributed by atoms with Gasteiger partial charge in [-0.15, -0.1) is 0 Å². The number of likely N-dealkylation sites (tertiary alicyclic amines) is 1. The predicted molar refractivity (Wildman–Crippen MR) is 148 cm³/mol. The maximum absolute atomic E-state index is 14.3. The molecule has 0 aromatic heterocycles. The molecule has 0 saturated carbocycles. The number of hydrogen-bond acceptors (Lipinski definition) is 4. The Balaban J connectivity index is 1.98. The first-order valence-corrected chi connectivity index (χ1v) is 15.2. The van der Waals surface area contributed by atoms with E-state index in [4.69, 9.17) is 85.4 Å². The summed E-state index contributed by atoms with van der Waals surface area (Å²) >= 11 is 43.0. The van der Waals surface area contributed by atoms with E-state index in [0.717, 1.165) is 6.26 Å². The Morgan fingerprint density at radius 1 is 1.08 bits per heavy atom. The number of hydrogen-bond donors (Lipinski definition) is 0. The average molecular weight is 675 g/mol. The van der Waals surface area contributed by atoms with E-state index in [2.05, 4.69) is 0 Å². The lowest BCUT2D eigenvalue weighted by atomic mass is 9.76. The summed E-state index contributed by atoms with van der Waals surface area (Å²) in [6, 6.07) is 8.97. The molecule has 2 aromatic rings. The fourth-order valence-corrected chi connectivity index (χ4v) is 5.96. The highest BCUT2D eigenvalue weighted by atomic mass is 35.6. The van der Waals surface area contributed by atoms with Gasteiger partial charge in [-0.25, -0.2) is 4.39 Å². The molecule has 1 aliphatic rings. The smallest absolute Gasteiger partial charge is 0.264 e. The molecule has 0 aliphatic carbocycles. The molecule has 1 heterocycles. The van der Waals surface area contributed by atoms with Gasteiger partial charge < -0.3 is 4.90 Å². The van der Waals surface area contributed by atoms with Crippen molar-refractivity contribution in [2.45, 2.75) is 32.3 Å². The van der Waals surface area contributed by atoms with Gasteiger partial charge in [0, 0.05) is 40.2 Å². The van der Waals surface area contributed by atoms with Gasteiger partial charge in [0.25, 0.3) is 10.1 Å². The molecule has 14 heteroatoms. The fourth-order valence-electron chi connectivity index (χ4n) is 4.38. The Hall–Kier alpha value is -0.220. The number of benzene rings is 2. The van der Waals surface area contributed by atoms with E-state index >= 15 is 0 Å². The van der Waals surface area contributed by atoms with E-state index in [9.17, 15) is 17.6 Å². The summed E-state index contributed by atoms with van der Waals surface area (Å²) in [7, 11) is -3.71. The second-order valence-corrected chi connectivity index (χ2v) is 15.4. The normalized spacial score (nSPS) is 18.9. The largest absolute Gasteiger partial charge is 0.341 e. The standard InChI is InChI=1S/C23H21Cl7FNO4S/c1-37(34,35)36-10-8-21(14-5-6-16(22(25,26)27)17(11-14)23(28,29)30)7-9-32(13-21)20(33)12-15-18(24)3-2-4-19(15)31/h2-6,11H,7-10,12-13H2,1H3/t21-/m1/s1. The summed E-state index contributed by atoms with van der Waals surface area (Å²) in [5, 5.41) is 0.148. The lowest BCUT2D eigenvalue weighted by Crippen LogP contribution is -2.36. The minimum Gasteiger partial charge on any atom is -0.341 e. The third kappa shape index (κ3) is 7.92. The van der Waals surface area contributed by atoms with Crippen molar-refractivity contribution >= 4 is 97.2 Å². The third-order valence-corrected chi connectivity index (χ3v) is 8.39. The van der Waals surface area contributed by atoms with Crippen LogP contribution in [0.1, 0.15) is 35.1 Å². The molecule has 1 amide bonds. The minimum absolute atomic E-state index is 0.0950. The van der Waals surface area contributed by atoms with Crippen molar-refractivity contribution in [2.24, 2.45) is 0 Å². The number of carbonyl (C=O) groups is 1. The van der Waals surface area contributed by atoms with Gasteiger partial charge in [0.2, 0.25) is 13.5 Å². The number of alkyl halides is 6. The number of nitrogens with zero attached hydrogens (tertiary/aromatic N) is 1. The Bertz CT molecular complexity index is 1260. The monoisotopic (exact) mass is 671 g/mol. The summed E-state index contributed by atoms with van der Waals surface area (Å²) in [4.78, 5) is 14.7. The number of halogens is 8. The maximum atomic E-state index is 14.3. The van der Waals surface area contributed by atoms with Gasteiger partial charge in [-0.05, 0) is 30.5 Å². The van der Waals surface area contributed by atoms with Gasteiger partial charge in [0.15, 0.2) is 0 Å².